The lowest BCUT2D eigenvalue weighted by Gasteiger charge is -2.15. The Morgan fingerprint density at radius 2 is 1.56 bits per heavy atom. The monoisotopic (exact) mass is 705 g/mol. The van der Waals surface area contributed by atoms with E-state index in [1.807, 2.05) is 4.72 Å². The van der Waals surface area contributed by atoms with Gasteiger partial charge in [-0.25, -0.2) is 13.2 Å². The number of Topliss-reactive ketones (excluding diaryl/α,β-unsaturated/α-hetero) is 2. The Hall–Kier alpha value is -4.37. The number of ketones is 2. The van der Waals surface area contributed by atoms with Gasteiger partial charge in [-0.3, -0.25) is 28.7 Å². The molecule has 6 N–H and O–H groups in total. The van der Waals surface area contributed by atoms with E-state index in [2.05, 4.69) is 31.3 Å². The fraction of sp³-hybridized carbons (Fsp3) is 0.704. The number of nitrogens with one attached hydrogen (secondary N) is 4. The molecule has 0 bridgehead atoms. The highest BCUT2D eigenvalue weighted by Crippen LogP contribution is 2.13. The van der Waals surface area contributed by atoms with Crippen LogP contribution in [0.25, 0.3) is 0 Å². The molecule has 1 heterocycles. The number of rotatable bonds is 28. The maximum absolute atomic E-state index is 12.2. The van der Waals surface area contributed by atoms with Crippen LogP contribution in [0.1, 0.15) is 70.5 Å². The van der Waals surface area contributed by atoms with Gasteiger partial charge in [-0.2, -0.15) is 5.21 Å². The molecule has 2 atom stereocenters. The molecule has 1 rings (SSSR count). The normalized spacial score (nSPS) is 12.4. The van der Waals surface area contributed by atoms with Gasteiger partial charge in [-0.15, -0.1) is 10.2 Å². The SMILES string of the molecule is CC(=O)CCC(NC(=O)CC[C@H](CC(=O)COCCOCCNC(=O)CCCS(=O)(=O)NC(=O)CCCc1nn[nH]n1)C(=O)O)C(=O)O. The second-order valence-electron chi connectivity index (χ2n) is 10.7. The zero-order valence-electron chi connectivity index (χ0n) is 26.6. The molecule has 1 unspecified atom stereocenters. The number of hydrogen-bond donors (Lipinski definition) is 6. The van der Waals surface area contributed by atoms with Crippen LogP contribution in [0.2, 0.25) is 0 Å². The molecular weight excluding hydrogens is 662 g/mol. The average molecular weight is 706 g/mol. The molecule has 1 aromatic rings. The molecule has 0 aliphatic carbocycles. The predicted molar refractivity (Wildman–Crippen MR) is 162 cm³/mol. The van der Waals surface area contributed by atoms with Crippen molar-refractivity contribution in [3.05, 3.63) is 5.82 Å². The lowest BCUT2D eigenvalue weighted by Crippen LogP contribution is -2.41. The number of aliphatic carboxylic acids is 2. The van der Waals surface area contributed by atoms with Crippen LogP contribution in [-0.4, -0.2) is 125 Å². The van der Waals surface area contributed by atoms with Crippen LogP contribution in [0.3, 0.4) is 0 Å². The van der Waals surface area contributed by atoms with Gasteiger partial charge in [0.05, 0.1) is 31.5 Å². The van der Waals surface area contributed by atoms with Gasteiger partial charge < -0.3 is 35.1 Å². The summed E-state index contributed by atoms with van der Waals surface area (Å²) < 4.78 is 36.5. The number of aryl methyl sites for hydroxylation is 1. The molecule has 0 aliphatic heterocycles. The molecule has 270 valence electrons. The third-order valence-corrected chi connectivity index (χ3v) is 7.81. The van der Waals surface area contributed by atoms with Gasteiger partial charge >= 0.3 is 11.9 Å². The van der Waals surface area contributed by atoms with Crippen LogP contribution < -0.4 is 15.4 Å². The van der Waals surface area contributed by atoms with E-state index in [1.54, 1.807) is 0 Å². The highest BCUT2D eigenvalue weighted by Gasteiger charge is 2.25. The van der Waals surface area contributed by atoms with Gasteiger partial charge in [0.1, 0.15) is 18.4 Å². The molecule has 3 amide bonds. The van der Waals surface area contributed by atoms with Crippen molar-refractivity contribution in [1.29, 1.82) is 0 Å². The highest BCUT2D eigenvalue weighted by molar-refractivity contribution is 7.90. The number of carboxylic acid groups (broad SMARTS) is 2. The second kappa shape index (κ2) is 23.0. The van der Waals surface area contributed by atoms with Gasteiger partial charge in [-0.05, 0) is 32.6 Å². The number of carbonyl (C=O) groups excluding carboxylic acids is 5. The van der Waals surface area contributed by atoms with E-state index in [1.165, 1.54) is 6.92 Å². The summed E-state index contributed by atoms with van der Waals surface area (Å²) in [5, 5.41) is 36.5. The van der Waals surface area contributed by atoms with E-state index >= 15 is 0 Å². The molecule has 48 heavy (non-hydrogen) atoms. The van der Waals surface area contributed by atoms with Crippen molar-refractivity contribution in [2.75, 3.05) is 38.7 Å². The van der Waals surface area contributed by atoms with Crippen molar-refractivity contribution in [3.8, 4) is 0 Å². The quantitative estimate of drug-likeness (QED) is 0.0528. The highest BCUT2D eigenvalue weighted by atomic mass is 32.2. The lowest BCUT2D eigenvalue weighted by atomic mass is 9.97. The number of carbonyl (C=O) groups is 7. The molecule has 0 aromatic carbocycles. The molecule has 0 radical (unpaired) electrons. The first-order valence-electron chi connectivity index (χ1n) is 15.1. The Kier molecular flexibility index (Phi) is 20.0. The molecule has 21 heteroatoms. The summed E-state index contributed by atoms with van der Waals surface area (Å²) in [6, 6.07) is -1.29. The minimum absolute atomic E-state index is 0.00262. The van der Waals surface area contributed by atoms with Crippen LogP contribution in [0.5, 0.6) is 0 Å². The fourth-order valence-corrected chi connectivity index (χ4v) is 5.05. The minimum atomic E-state index is -3.90. The number of H-pyrrole nitrogens is 1. The Morgan fingerprint density at radius 1 is 0.854 bits per heavy atom. The van der Waals surface area contributed by atoms with Crippen molar-refractivity contribution >= 4 is 51.2 Å². The largest absolute Gasteiger partial charge is 0.481 e. The van der Waals surface area contributed by atoms with Crippen LogP contribution in [0, 0.1) is 5.92 Å². The summed E-state index contributed by atoms with van der Waals surface area (Å²) in [6.07, 6.45) is -0.556. The average Bonchev–Trinajstić information content (AvgIpc) is 3.51. The summed E-state index contributed by atoms with van der Waals surface area (Å²) in [7, 11) is -3.90. The van der Waals surface area contributed by atoms with Crippen LogP contribution >= 0.6 is 0 Å². The van der Waals surface area contributed by atoms with E-state index in [-0.39, 0.29) is 77.1 Å². The van der Waals surface area contributed by atoms with E-state index in [9.17, 15) is 52.2 Å². The standard InChI is InChI=1S/C27H43N7O13S/c1-18(35)7-9-21(27(42)43)29-24(38)10-8-19(26(40)41)16-20(36)17-47-14-13-46-12-11-28-23(37)6-3-15-48(44,45)32-25(39)5-2-4-22-30-33-34-31-22/h19,21H,2-17H2,1H3,(H,28,37)(H,29,38)(H,32,39)(H,40,41)(H,42,43)(H,30,31,33,34)/t19-,21?/m1/s1. The summed E-state index contributed by atoms with van der Waals surface area (Å²) >= 11 is 0. The molecule has 20 nitrogen and oxygen atoms in total. The van der Waals surface area contributed by atoms with Gasteiger partial charge in [0, 0.05) is 45.1 Å². The first-order chi connectivity index (χ1) is 22.7. The smallest absolute Gasteiger partial charge is 0.326 e. The third-order valence-electron chi connectivity index (χ3n) is 6.44. The molecule has 0 fully saturated rings. The molecule has 0 saturated carbocycles. The summed E-state index contributed by atoms with van der Waals surface area (Å²) in [5.74, 6) is -6.39. The number of ether oxygens (including phenoxy) is 2. The first-order valence-corrected chi connectivity index (χ1v) is 16.8. The lowest BCUT2D eigenvalue weighted by molar-refractivity contribution is -0.145. The topological polar surface area (TPSA) is 303 Å². The van der Waals surface area contributed by atoms with Gasteiger partial charge in [0.15, 0.2) is 11.6 Å². The Labute approximate surface area is 276 Å². The fourth-order valence-electron chi connectivity index (χ4n) is 3.97. The number of tetrazole rings is 1. The number of aromatic nitrogens is 4. The molecule has 1 aromatic heterocycles. The molecular formula is C27H43N7O13S. The van der Waals surface area contributed by atoms with Crippen molar-refractivity contribution in [2.24, 2.45) is 5.92 Å². The summed E-state index contributed by atoms with van der Waals surface area (Å²) in [6.45, 7) is 1.17. The zero-order chi connectivity index (χ0) is 36.0. The van der Waals surface area contributed by atoms with E-state index < -0.39 is 76.2 Å². The molecule has 0 saturated heterocycles. The van der Waals surface area contributed by atoms with Crippen LogP contribution in [0.4, 0.5) is 0 Å². The van der Waals surface area contributed by atoms with Crippen molar-refractivity contribution in [2.45, 2.75) is 77.2 Å². The van der Waals surface area contributed by atoms with Crippen LogP contribution in [-0.2, 0) is 59.5 Å². The number of carboxylic acids is 2. The van der Waals surface area contributed by atoms with Gasteiger partial charge in [0.25, 0.3) is 0 Å². The van der Waals surface area contributed by atoms with Gasteiger partial charge in [-0.1, -0.05) is 5.21 Å². The number of sulfonamides is 1. The Bertz CT molecular complexity index is 1320. The number of aromatic amines is 1. The van der Waals surface area contributed by atoms with Crippen LogP contribution in [0.15, 0.2) is 0 Å². The summed E-state index contributed by atoms with van der Waals surface area (Å²) in [4.78, 5) is 81.9. The Balaban J connectivity index is 2.14. The van der Waals surface area contributed by atoms with E-state index in [4.69, 9.17) is 9.47 Å². The van der Waals surface area contributed by atoms with Crippen molar-refractivity contribution < 1.29 is 61.7 Å². The third kappa shape index (κ3) is 20.7. The number of nitrogens with zero attached hydrogens (tertiary/aromatic N) is 3. The van der Waals surface area contributed by atoms with E-state index in [0.29, 0.717) is 18.7 Å². The number of hydrogen-bond acceptors (Lipinski definition) is 14. The predicted octanol–water partition coefficient (Wildman–Crippen LogP) is -1.72. The second-order valence-corrected chi connectivity index (χ2v) is 12.5. The van der Waals surface area contributed by atoms with Crippen molar-refractivity contribution in [3.63, 3.8) is 0 Å². The molecule has 0 spiro atoms. The summed E-state index contributed by atoms with van der Waals surface area (Å²) in [5.41, 5.74) is 0. The van der Waals surface area contributed by atoms with E-state index in [0.717, 1.165) is 0 Å². The van der Waals surface area contributed by atoms with Gasteiger partial charge in [0.2, 0.25) is 27.7 Å². The molecule has 0 aliphatic rings. The number of amides is 3. The Morgan fingerprint density at radius 3 is 2.21 bits per heavy atom. The minimum Gasteiger partial charge on any atom is -0.481 e. The van der Waals surface area contributed by atoms with Crippen molar-refractivity contribution in [1.82, 2.24) is 36.0 Å². The first kappa shape index (κ1) is 41.7. The maximum Gasteiger partial charge on any atom is 0.326 e. The maximum atomic E-state index is 12.2. The zero-order valence-corrected chi connectivity index (χ0v) is 27.4.